The van der Waals surface area contributed by atoms with Crippen LogP contribution in [0.5, 0.6) is 5.75 Å². The second-order valence-electron chi connectivity index (χ2n) is 9.55. The number of carbonyl (C=O) groups is 1. The Hall–Kier alpha value is -5.07. The van der Waals surface area contributed by atoms with Crippen molar-refractivity contribution in [1.29, 1.82) is 0 Å². The maximum absolute atomic E-state index is 14.1. The number of hydrogen-bond donors (Lipinski definition) is 3. The van der Waals surface area contributed by atoms with Crippen LogP contribution < -0.4 is 21.1 Å². The zero-order valence-corrected chi connectivity index (χ0v) is 23.8. The summed E-state index contributed by atoms with van der Waals surface area (Å²) in [6, 6.07) is 16.4. The number of aromatic nitrogens is 3. The van der Waals surface area contributed by atoms with Crippen molar-refractivity contribution in [3.8, 4) is 28.5 Å². The topological polar surface area (TPSA) is 131 Å². The van der Waals surface area contributed by atoms with Gasteiger partial charge in [0.05, 0.1) is 5.02 Å². The third-order valence-corrected chi connectivity index (χ3v) is 6.40. The lowest BCUT2D eigenvalue weighted by atomic mass is 10.1. The molecule has 0 saturated heterocycles. The van der Waals surface area contributed by atoms with Gasteiger partial charge < -0.3 is 30.4 Å². The molecule has 0 aliphatic carbocycles. The first-order valence-corrected chi connectivity index (χ1v) is 13.4. The molecule has 2 aromatic heterocycles. The smallest absolute Gasteiger partial charge is 0.293 e. The van der Waals surface area contributed by atoms with E-state index in [-0.39, 0.29) is 23.4 Å². The first-order valence-electron chi connectivity index (χ1n) is 13.0. The van der Waals surface area contributed by atoms with E-state index in [0.29, 0.717) is 40.0 Å². The van der Waals surface area contributed by atoms with Gasteiger partial charge in [-0.25, -0.2) is 18.7 Å². The molecule has 0 saturated carbocycles. The number of amides is 1. The van der Waals surface area contributed by atoms with E-state index in [1.54, 1.807) is 48.5 Å². The Labute approximate surface area is 250 Å². The largest absolute Gasteiger partial charge is 0.491 e. The maximum atomic E-state index is 14.1. The van der Waals surface area contributed by atoms with E-state index >= 15 is 0 Å². The summed E-state index contributed by atoms with van der Waals surface area (Å²) in [5, 5.41) is 6.04. The minimum Gasteiger partial charge on any atom is -0.491 e. The number of anilines is 4. The van der Waals surface area contributed by atoms with Crippen LogP contribution in [-0.2, 0) is 0 Å². The summed E-state index contributed by atoms with van der Waals surface area (Å²) in [6.45, 7) is 1.24. The average Bonchev–Trinajstić information content (AvgIpc) is 3.36. The molecule has 5 aromatic rings. The highest BCUT2D eigenvalue weighted by atomic mass is 35.5. The Morgan fingerprint density at radius 1 is 1.02 bits per heavy atom. The van der Waals surface area contributed by atoms with Crippen LogP contribution in [0.3, 0.4) is 0 Å². The van der Waals surface area contributed by atoms with Gasteiger partial charge in [-0.1, -0.05) is 29.8 Å². The number of likely N-dealkylation sites (N-methyl/N-ethyl adjacent to an activating group) is 1. The molecule has 5 rings (SSSR count). The lowest BCUT2D eigenvalue weighted by Crippen LogP contribution is -2.19. The molecule has 43 heavy (non-hydrogen) atoms. The molecule has 1 amide bonds. The molecule has 10 nitrogen and oxygen atoms in total. The summed E-state index contributed by atoms with van der Waals surface area (Å²) >= 11 is 6.40. The quantitative estimate of drug-likeness (QED) is 0.169. The molecular formula is C30H26ClF2N7O3. The lowest BCUT2D eigenvalue weighted by Gasteiger charge is -2.13. The van der Waals surface area contributed by atoms with Crippen LogP contribution in [-0.4, -0.2) is 53.0 Å². The van der Waals surface area contributed by atoms with Gasteiger partial charge in [0, 0.05) is 29.7 Å². The number of nitrogen functional groups attached to an aromatic ring is 1. The predicted octanol–water partition coefficient (Wildman–Crippen LogP) is 6.25. The zero-order chi connectivity index (χ0) is 30.5. The van der Waals surface area contributed by atoms with Gasteiger partial charge in [0.15, 0.2) is 5.76 Å². The normalized spacial score (nSPS) is 11.0. The summed E-state index contributed by atoms with van der Waals surface area (Å²) < 4.78 is 39.6. The number of oxazole rings is 1. The van der Waals surface area contributed by atoms with Crippen LogP contribution >= 0.6 is 11.6 Å². The molecule has 0 aliphatic heterocycles. The minimum atomic E-state index is -0.972. The van der Waals surface area contributed by atoms with Gasteiger partial charge in [-0.3, -0.25) is 4.79 Å². The van der Waals surface area contributed by atoms with Crippen LogP contribution in [0.25, 0.3) is 22.7 Å². The SMILES string of the molecule is CN(C)CCOc1ccc(Nc2nccc(-c3oc(N)nc3-c3cccc(NC(=O)c4c(F)cccc4F)c3)n2)cc1Cl. The molecule has 220 valence electrons. The van der Waals surface area contributed by atoms with Crippen molar-refractivity contribution in [1.82, 2.24) is 19.9 Å². The molecule has 0 atom stereocenters. The second kappa shape index (κ2) is 12.8. The number of nitrogens with zero attached hydrogens (tertiary/aromatic N) is 4. The standard InChI is InChI=1S/C30H26ClF2N7O3/c1-40(2)13-14-42-24-10-9-19(16-20(24)31)37-30-35-12-11-23(38-30)27-26(39-29(34)43-27)17-5-3-6-18(15-17)36-28(41)25-21(32)7-4-8-22(25)33/h3-12,15-16H,13-14H2,1-2H3,(H2,34,39)(H,36,41)(H,35,37,38). The van der Waals surface area contributed by atoms with E-state index in [9.17, 15) is 13.6 Å². The Kier molecular flexibility index (Phi) is 8.79. The highest BCUT2D eigenvalue weighted by Crippen LogP contribution is 2.35. The van der Waals surface area contributed by atoms with Crippen molar-refractivity contribution in [2.75, 3.05) is 43.6 Å². The van der Waals surface area contributed by atoms with E-state index in [4.69, 9.17) is 26.5 Å². The molecule has 0 fully saturated rings. The molecule has 0 radical (unpaired) electrons. The first-order chi connectivity index (χ1) is 20.7. The number of hydrogen-bond acceptors (Lipinski definition) is 9. The molecular weight excluding hydrogens is 580 g/mol. The van der Waals surface area contributed by atoms with E-state index in [2.05, 4.69) is 25.6 Å². The molecule has 13 heteroatoms. The summed E-state index contributed by atoms with van der Waals surface area (Å²) in [4.78, 5) is 27.7. The number of carbonyl (C=O) groups excluding carboxylic acids is 1. The summed E-state index contributed by atoms with van der Waals surface area (Å²) in [5.74, 6) is -1.83. The Morgan fingerprint density at radius 2 is 1.79 bits per heavy atom. The number of rotatable bonds is 10. The molecule has 3 aromatic carbocycles. The van der Waals surface area contributed by atoms with Crippen molar-refractivity contribution in [3.05, 3.63) is 95.1 Å². The molecule has 0 aliphatic rings. The zero-order valence-electron chi connectivity index (χ0n) is 23.1. The molecule has 0 unspecified atom stereocenters. The van der Waals surface area contributed by atoms with Gasteiger partial charge in [0.2, 0.25) is 5.95 Å². The number of benzene rings is 3. The predicted molar refractivity (Wildman–Crippen MR) is 160 cm³/mol. The minimum absolute atomic E-state index is 0.113. The van der Waals surface area contributed by atoms with E-state index in [1.165, 1.54) is 12.3 Å². The number of nitrogens with one attached hydrogen (secondary N) is 2. The van der Waals surface area contributed by atoms with Crippen molar-refractivity contribution >= 4 is 40.8 Å². The van der Waals surface area contributed by atoms with E-state index < -0.39 is 23.1 Å². The van der Waals surface area contributed by atoms with Crippen LogP contribution in [0.2, 0.25) is 5.02 Å². The van der Waals surface area contributed by atoms with Crippen molar-refractivity contribution in [3.63, 3.8) is 0 Å². The van der Waals surface area contributed by atoms with Gasteiger partial charge >= 0.3 is 0 Å². The van der Waals surface area contributed by atoms with Gasteiger partial charge in [0.1, 0.15) is 40.9 Å². The fourth-order valence-electron chi connectivity index (χ4n) is 4.07. The molecule has 0 bridgehead atoms. The van der Waals surface area contributed by atoms with E-state index in [0.717, 1.165) is 18.7 Å². The Morgan fingerprint density at radius 3 is 2.53 bits per heavy atom. The van der Waals surface area contributed by atoms with Crippen molar-refractivity contribution in [2.24, 2.45) is 0 Å². The number of nitrogens with two attached hydrogens (primary N) is 1. The average molecular weight is 606 g/mol. The van der Waals surface area contributed by atoms with Crippen LogP contribution in [0.4, 0.5) is 32.1 Å². The third-order valence-electron chi connectivity index (χ3n) is 6.10. The van der Waals surface area contributed by atoms with Crippen LogP contribution in [0.1, 0.15) is 10.4 Å². The van der Waals surface area contributed by atoms with E-state index in [1.807, 2.05) is 19.0 Å². The second-order valence-corrected chi connectivity index (χ2v) is 9.96. The Bertz CT molecular complexity index is 1760. The van der Waals surface area contributed by atoms with Crippen LogP contribution in [0, 0.1) is 11.6 Å². The number of halogens is 3. The Balaban J connectivity index is 1.36. The van der Waals surface area contributed by atoms with Crippen molar-refractivity contribution in [2.45, 2.75) is 0 Å². The fraction of sp³-hybridized carbons (Fsp3) is 0.133. The number of ether oxygens (including phenoxy) is 1. The fourth-order valence-corrected chi connectivity index (χ4v) is 4.30. The highest BCUT2D eigenvalue weighted by molar-refractivity contribution is 6.32. The lowest BCUT2D eigenvalue weighted by molar-refractivity contribution is 0.101. The molecule has 0 spiro atoms. The van der Waals surface area contributed by atoms with Gasteiger partial charge in [-0.05, 0) is 62.6 Å². The highest BCUT2D eigenvalue weighted by Gasteiger charge is 2.20. The first kappa shape index (κ1) is 29.4. The van der Waals surface area contributed by atoms with Crippen LogP contribution in [0.15, 0.2) is 77.3 Å². The summed E-state index contributed by atoms with van der Waals surface area (Å²) in [6.07, 6.45) is 1.53. The summed E-state index contributed by atoms with van der Waals surface area (Å²) in [7, 11) is 3.91. The van der Waals surface area contributed by atoms with Gasteiger partial charge in [-0.15, -0.1) is 0 Å². The van der Waals surface area contributed by atoms with Crippen molar-refractivity contribution < 1.29 is 22.7 Å². The van der Waals surface area contributed by atoms with Gasteiger partial charge in [-0.2, -0.15) is 4.98 Å². The molecule has 4 N–H and O–H groups in total. The third kappa shape index (κ3) is 7.05. The monoisotopic (exact) mass is 605 g/mol. The summed E-state index contributed by atoms with van der Waals surface area (Å²) in [5.41, 5.74) is 7.33. The van der Waals surface area contributed by atoms with Gasteiger partial charge in [0.25, 0.3) is 11.9 Å². The molecule has 2 heterocycles. The maximum Gasteiger partial charge on any atom is 0.293 e.